The van der Waals surface area contributed by atoms with Gasteiger partial charge in [0.05, 0.1) is 4.87 Å². The smallest absolute Gasteiger partial charge is 0.276 e. The van der Waals surface area contributed by atoms with E-state index in [1.807, 2.05) is 13.0 Å². The molecular weight excluding hydrogens is 254 g/mol. The summed E-state index contributed by atoms with van der Waals surface area (Å²) in [7, 11) is 0. The first-order chi connectivity index (χ1) is 8.53. The van der Waals surface area contributed by atoms with E-state index >= 15 is 0 Å². The minimum Gasteiger partial charge on any atom is -0.276 e. The highest BCUT2D eigenvalue weighted by Crippen LogP contribution is 2.47. The van der Waals surface area contributed by atoms with Gasteiger partial charge in [0.15, 0.2) is 0 Å². The molecule has 1 aromatic carbocycles. The first-order valence-corrected chi connectivity index (χ1v) is 6.52. The maximum Gasteiger partial charge on any atom is 0.299 e. The molecule has 0 spiro atoms. The van der Waals surface area contributed by atoms with Crippen molar-refractivity contribution in [1.82, 2.24) is 0 Å². The van der Waals surface area contributed by atoms with Crippen molar-refractivity contribution in [1.29, 1.82) is 0 Å². The number of hydrogen-bond acceptors (Lipinski definition) is 3. The predicted molar refractivity (Wildman–Crippen MR) is 69.4 cm³/mol. The van der Waals surface area contributed by atoms with E-state index in [4.69, 9.17) is 11.6 Å². The van der Waals surface area contributed by atoms with Gasteiger partial charge in [-0.1, -0.05) is 31.4 Å². The summed E-state index contributed by atoms with van der Waals surface area (Å²) in [5.41, 5.74) is 1.73. The van der Waals surface area contributed by atoms with Gasteiger partial charge in [0.25, 0.3) is 5.09 Å². The predicted octanol–water partition coefficient (Wildman–Crippen LogP) is 3.96. The lowest BCUT2D eigenvalue weighted by Crippen LogP contribution is -2.24. The van der Waals surface area contributed by atoms with Crippen molar-refractivity contribution in [2.75, 3.05) is 0 Å². The molecule has 0 atom stereocenters. The molecule has 1 aliphatic carbocycles. The van der Waals surface area contributed by atoms with Crippen molar-refractivity contribution in [3.63, 3.8) is 0 Å². The van der Waals surface area contributed by atoms with Crippen LogP contribution in [0.25, 0.3) is 0 Å². The Labute approximate surface area is 111 Å². The molecule has 0 N–H and O–H groups in total. The van der Waals surface area contributed by atoms with Crippen LogP contribution < -0.4 is 4.84 Å². The number of alkyl halides is 1. The van der Waals surface area contributed by atoms with E-state index in [1.165, 1.54) is 6.42 Å². The summed E-state index contributed by atoms with van der Waals surface area (Å²) >= 11 is 6.69. The maximum atomic E-state index is 10.6. The van der Waals surface area contributed by atoms with E-state index in [2.05, 4.69) is 4.84 Å². The molecule has 1 aliphatic rings. The Morgan fingerprint density at radius 3 is 2.61 bits per heavy atom. The van der Waals surface area contributed by atoms with Gasteiger partial charge in [-0.15, -0.1) is 21.7 Å². The van der Waals surface area contributed by atoms with Crippen LogP contribution in [0.3, 0.4) is 0 Å². The maximum absolute atomic E-state index is 10.6. The monoisotopic (exact) mass is 269 g/mol. The number of hydrogen-bond donors (Lipinski definition) is 0. The molecule has 18 heavy (non-hydrogen) atoms. The highest BCUT2D eigenvalue weighted by Gasteiger charge is 2.35. The minimum absolute atomic E-state index is 0.275. The van der Waals surface area contributed by atoms with Crippen molar-refractivity contribution in [2.45, 2.75) is 43.9 Å². The fraction of sp³-hybridized carbons (Fsp3) is 0.538. The third kappa shape index (κ3) is 2.58. The highest BCUT2D eigenvalue weighted by atomic mass is 35.5. The van der Waals surface area contributed by atoms with Crippen LogP contribution in [0.15, 0.2) is 18.2 Å². The summed E-state index contributed by atoms with van der Waals surface area (Å²) < 4.78 is 0. The number of nitrogens with zero attached hydrogens (tertiary/aromatic N) is 1. The van der Waals surface area contributed by atoms with Gasteiger partial charge in [0, 0.05) is 5.56 Å². The molecular formula is C13H16ClNO3. The minimum atomic E-state index is -0.776. The number of halogens is 1. The van der Waals surface area contributed by atoms with Gasteiger partial charge in [-0.2, -0.15) is 0 Å². The van der Waals surface area contributed by atoms with Gasteiger partial charge in [-0.25, -0.2) is 0 Å². The first kappa shape index (κ1) is 13.1. The molecule has 0 radical (unpaired) electrons. The molecule has 5 heteroatoms. The number of benzene rings is 1. The summed E-state index contributed by atoms with van der Waals surface area (Å²) in [6.07, 6.45) is 4.96. The summed E-state index contributed by atoms with van der Waals surface area (Å²) in [4.78, 5) is 14.7. The summed E-state index contributed by atoms with van der Waals surface area (Å²) in [6.45, 7) is 1.92. The normalized spacial score (nSPS) is 18.3. The molecule has 0 amide bonds. The second-order valence-corrected chi connectivity index (χ2v) is 5.51. The second kappa shape index (κ2) is 5.14. The Morgan fingerprint density at radius 2 is 2.00 bits per heavy atom. The van der Waals surface area contributed by atoms with E-state index in [0.717, 1.165) is 36.8 Å². The standard InChI is InChI=1S/C13H16ClNO3/c1-10-6-5-7-11(18-15(16)17)12(10)13(14)8-3-2-4-9-13/h5-7H,2-4,8-9H2,1H3. The third-order valence-corrected chi connectivity index (χ3v) is 4.07. The van der Waals surface area contributed by atoms with Gasteiger partial charge in [0.1, 0.15) is 5.75 Å². The zero-order valence-electron chi connectivity index (χ0n) is 10.3. The number of aryl methyl sites for hydroxylation is 1. The largest absolute Gasteiger partial charge is 0.299 e. The molecule has 4 nitrogen and oxygen atoms in total. The Bertz CT molecular complexity index is 456. The van der Waals surface area contributed by atoms with Crippen molar-refractivity contribution < 1.29 is 9.92 Å². The summed E-state index contributed by atoms with van der Waals surface area (Å²) in [6, 6.07) is 5.28. The SMILES string of the molecule is Cc1cccc(O[N+](=O)[O-])c1C1(Cl)CCCCC1. The summed E-state index contributed by atoms with van der Waals surface area (Å²) in [5.74, 6) is 0.275. The fourth-order valence-corrected chi connectivity index (χ4v) is 3.24. The van der Waals surface area contributed by atoms with E-state index in [1.54, 1.807) is 12.1 Å². The topological polar surface area (TPSA) is 52.4 Å². The van der Waals surface area contributed by atoms with Crippen LogP contribution in [-0.4, -0.2) is 5.09 Å². The Morgan fingerprint density at radius 1 is 1.33 bits per heavy atom. The van der Waals surface area contributed by atoms with Gasteiger partial charge >= 0.3 is 0 Å². The lowest BCUT2D eigenvalue weighted by molar-refractivity contribution is -0.711. The molecule has 2 rings (SSSR count). The van der Waals surface area contributed by atoms with Crippen molar-refractivity contribution in [2.24, 2.45) is 0 Å². The van der Waals surface area contributed by atoms with Gasteiger partial charge in [0.2, 0.25) is 0 Å². The average molecular weight is 270 g/mol. The summed E-state index contributed by atoms with van der Waals surface area (Å²) in [5, 5.41) is 9.78. The molecule has 0 aromatic heterocycles. The highest BCUT2D eigenvalue weighted by molar-refractivity contribution is 6.24. The second-order valence-electron chi connectivity index (χ2n) is 4.79. The van der Waals surface area contributed by atoms with Crippen molar-refractivity contribution >= 4 is 11.6 Å². The van der Waals surface area contributed by atoms with Crippen LogP contribution in [0, 0.1) is 17.0 Å². The Hall–Kier alpha value is -1.29. The molecule has 1 saturated carbocycles. The molecule has 0 bridgehead atoms. The molecule has 0 aliphatic heterocycles. The van der Waals surface area contributed by atoms with Crippen LogP contribution in [0.2, 0.25) is 0 Å². The van der Waals surface area contributed by atoms with Crippen molar-refractivity contribution in [3.8, 4) is 5.75 Å². The van der Waals surface area contributed by atoms with E-state index < -0.39 is 9.96 Å². The van der Waals surface area contributed by atoms with Gasteiger partial charge < -0.3 is 0 Å². The molecule has 0 saturated heterocycles. The molecule has 0 heterocycles. The van der Waals surface area contributed by atoms with Crippen LogP contribution in [-0.2, 0) is 4.87 Å². The number of rotatable bonds is 3. The molecule has 1 aromatic rings. The van der Waals surface area contributed by atoms with E-state index in [-0.39, 0.29) is 5.75 Å². The lowest BCUT2D eigenvalue weighted by atomic mass is 9.81. The zero-order chi connectivity index (χ0) is 13.2. The third-order valence-electron chi connectivity index (χ3n) is 3.50. The average Bonchev–Trinajstić information content (AvgIpc) is 2.28. The van der Waals surface area contributed by atoms with Gasteiger partial charge in [-0.05, 0) is 31.4 Å². The molecule has 0 unspecified atom stereocenters. The van der Waals surface area contributed by atoms with Crippen LogP contribution in [0.5, 0.6) is 5.75 Å². The van der Waals surface area contributed by atoms with Crippen LogP contribution in [0.1, 0.15) is 43.2 Å². The lowest BCUT2D eigenvalue weighted by Gasteiger charge is -2.33. The van der Waals surface area contributed by atoms with Gasteiger partial charge in [-0.3, -0.25) is 4.84 Å². The van der Waals surface area contributed by atoms with Crippen molar-refractivity contribution in [3.05, 3.63) is 39.4 Å². The van der Waals surface area contributed by atoms with E-state index in [9.17, 15) is 10.1 Å². The molecule has 1 fully saturated rings. The van der Waals surface area contributed by atoms with E-state index in [0.29, 0.717) is 0 Å². The zero-order valence-corrected chi connectivity index (χ0v) is 11.1. The van der Waals surface area contributed by atoms with Crippen LogP contribution in [0.4, 0.5) is 0 Å². The Kier molecular flexibility index (Phi) is 3.76. The quantitative estimate of drug-likeness (QED) is 0.474. The Balaban J connectivity index is 2.43. The molecule has 98 valence electrons. The fourth-order valence-electron chi connectivity index (χ4n) is 2.73. The first-order valence-electron chi connectivity index (χ1n) is 6.14. The van der Waals surface area contributed by atoms with Crippen LogP contribution >= 0.6 is 11.6 Å².